The number of H-pyrrole nitrogens is 1. The number of benzene rings is 1. The predicted octanol–water partition coefficient (Wildman–Crippen LogP) is 3.79. The number of rotatable bonds is 7. The van der Waals surface area contributed by atoms with Crippen molar-refractivity contribution in [3.8, 4) is 0 Å². The van der Waals surface area contributed by atoms with Gasteiger partial charge in [0.05, 0.1) is 0 Å². The summed E-state index contributed by atoms with van der Waals surface area (Å²) in [6, 6.07) is 8.78. The summed E-state index contributed by atoms with van der Waals surface area (Å²) in [5.74, 6) is -0.265. The number of carbonyl (C=O) groups excluding carboxylic acids is 1. The number of aromatic nitrogens is 1. The number of hydrogen-bond donors (Lipinski definition) is 2. The molecule has 4 nitrogen and oxygen atoms in total. The van der Waals surface area contributed by atoms with Gasteiger partial charge >= 0.3 is 0 Å². The van der Waals surface area contributed by atoms with Crippen molar-refractivity contribution in [1.82, 2.24) is 4.98 Å². The number of primary amides is 1. The first kappa shape index (κ1) is 18.1. The lowest BCUT2D eigenvalue weighted by Gasteiger charge is -2.11. The molecular weight excluding hydrogens is 331 g/mol. The lowest BCUT2D eigenvalue weighted by Crippen LogP contribution is -2.13. The number of halogens is 1. The quantitative estimate of drug-likeness (QED) is 0.742. The van der Waals surface area contributed by atoms with E-state index in [1.54, 1.807) is 13.0 Å². The summed E-state index contributed by atoms with van der Waals surface area (Å²) in [4.78, 5) is 26.2. The second-order valence-electron chi connectivity index (χ2n) is 6.87. The van der Waals surface area contributed by atoms with Crippen molar-refractivity contribution in [2.75, 3.05) is 0 Å². The van der Waals surface area contributed by atoms with E-state index < -0.39 is 0 Å². The molecule has 0 radical (unpaired) electrons. The summed E-state index contributed by atoms with van der Waals surface area (Å²) in [6.07, 6.45) is 5.55. The Morgan fingerprint density at radius 1 is 1.31 bits per heavy atom. The Labute approximate surface area is 151 Å². The SMILES string of the molecule is Cc1ccc(/C(=C\CCCC(N)=O)c2ccc(C3CC3)c(=O)[nH]2)cc1F. The molecule has 2 aromatic rings. The summed E-state index contributed by atoms with van der Waals surface area (Å²) < 4.78 is 14.0. The summed E-state index contributed by atoms with van der Waals surface area (Å²) in [6.45, 7) is 1.71. The molecule has 0 unspecified atom stereocenters. The van der Waals surface area contributed by atoms with Crippen LogP contribution in [-0.4, -0.2) is 10.9 Å². The highest BCUT2D eigenvalue weighted by Gasteiger charge is 2.26. The minimum Gasteiger partial charge on any atom is -0.370 e. The van der Waals surface area contributed by atoms with E-state index in [1.165, 1.54) is 6.07 Å². The van der Waals surface area contributed by atoms with Crippen molar-refractivity contribution >= 4 is 11.5 Å². The highest BCUT2D eigenvalue weighted by Crippen LogP contribution is 2.38. The Bertz CT molecular complexity index is 910. The molecule has 1 amide bonds. The highest BCUT2D eigenvalue weighted by molar-refractivity contribution is 5.78. The van der Waals surface area contributed by atoms with Gasteiger partial charge in [-0.25, -0.2) is 4.39 Å². The molecular formula is C21H23FN2O2. The van der Waals surface area contributed by atoms with E-state index in [2.05, 4.69) is 4.98 Å². The van der Waals surface area contributed by atoms with Crippen LogP contribution in [0, 0.1) is 12.7 Å². The summed E-state index contributed by atoms with van der Waals surface area (Å²) in [5.41, 5.74) is 8.59. The maximum atomic E-state index is 14.0. The molecule has 1 fully saturated rings. The largest absolute Gasteiger partial charge is 0.370 e. The number of aryl methyl sites for hydroxylation is 1. The van der Waals surface area contributed by atoms with Gasteiger partial charge in [0, 0.05) is 23.3 Å². The third-order valence-electron chi connectivity index (χ3n) is 4.71. The Kier molecular flexibility index (Phi) is 5.35. The van der Waals surface area contributed by atoms with Crippen molar-refractivity contribution < 1.29 is 9.18 Å². The van der Waals surface area contributed by atoms with E-state index in [-0.39, 0.29) is 17.3 Å². The molecule has 0 aliphatic heterocycles. The van der Waals surface area contributed by atoms with Crippen molar-refractivity contribution in [1.29, 1.82) is 0 Å². The molecule has 0 atom stereocenters. The van der Waals surface area contributed by atoms with Crippen LogP contribution in [0.15, 0.2) is 41.2 Å². The first-order valence-corrected chi connectivity index (χ1v) is 8.94. The smallest absolute Gasteiger partial charge is 0.251 e. The first-order valence-electron chi connectivity index (χ1n) is 8.94. The van der Waals surface area contributed by atoms with Gasteiger partial charge in [0.1, 0.15) is 5.82 Å². The number of nitrogens with one attached hydrogen (secondary N) is 1. The number of hydrogen-bond acceptors (Lipinski definition) is 2. The minimum atomic E-state index is -0.344. The first-order chi connectivity index (χ1) is 12.5. The van der Waals surface area contributed by atoms with Gasteiger partial charge in [-0.1, -0.05) is 24.3 Å². The van der Waals surface area contributed by atoms with Crippen LogP contribution in [0.5, 0.6) is 0 Å². The van der Waals surface area contributed by atoms with Crippen molar-refractivity contribution in [2.24, 2.45) is 5.73 Å². The summed E-state index contributed by atoms with van der Waals surface area (Å²) in [5, 5.41) is 0. The molecule has 5 heteroatoms. The average molecular weight is 354 g/mol. The standard InChI is InChI=1S/C21H23FN2O2/c1-13-6-7-15(12-18(13)22)16(4-2-3-5-20(23)25)19-11-10-17(14-8-9-14)21(26)24-19/h4,6-7,10-12,14H,2-3,5,8-9H2,1H3,(H2,23,25)(H,24,26)/b16-4+. The van der Waals surface area contributed by atoms with Crippen molar-refractivity contribution in [2.45, 2.75) is 44.9 Å². The van der Waals surface area contributed by atoms with Crippen LogP contribution in [-0.2, 0) is 4.79 Å². The monoisotopic (exact) mass is 354 g/mol. The molecule has 1 heterocycles. The molecule has 136 valence electrons. The molecule has 0 spiro atoms. The minimum absolute atomic E-state index is 0.0828. The van der Waals surface area contributed by atoms with E-state index in [4.69, 9.17) is 5.73 Å². The van der Waals surface area contributed by atoms with Gasteiger partial charge in [-0.3, -0.25) is 9.59 Å². The van der Waals surface area contributed by atoms with Crippen LogP contribution in [0.1, 0.15) is 60.4 Å². The predicted molar refractivity (Wildman–Crippen MR) is 100 cm³/mol. The zero-order chi connectivity index (χ0) is 18.7. The van der Waals surface area contributed by atoms with Gasteiger partial charge in [-0.05, 0) is 61.8 Å². The Balaban J connectivity index is 1.95. The number of amides is 1. The second kappa shape index (κ2) is 7.68. The normalized spacial score (nSPS) is 14.5. The van der Waals surface area contributed by atoms with Crippen LogP contribution in [0.2, 0.25) is 0 Å². The Morgan fingerprint density at radius 3 is 2.69 bits per heavy atom. The average Bonchev–Trinajstić information content (AvgIpc) is 3.42. The molecule has 1 aliphatic rings. The lowest BCUT2D eigenvalue weighted by molar-refractivity contribution is -0.118. The molecule has 1 aliphatic carbocycles. The number of pyridine rings is 1. The summed E-state index contributed by atoms with van der Waals surface area (Å²) >= 11 is 0. The third kappa shape index (κ3) is 4.28. The number of nitrogens with two attached hydrogens (primary N) is 1. The fourth-order valence-corrected chi connectivity index (χ4v) is 3.02. The molecule has 1 saturated carbocycles. The van der Waals surface area contributed by atoms with Crippen LogP contribution in [0.3, 0.4) is 0 Å². The molecule has 0 saturated heterocycles. The second-order valence-corrected chi connectivity index (χ2v) is 6.87. The van der Waals surface area contributed by atoms with Gasteiger partial charge in [0.2, 0.25) is 5.91 Å². The lowest BCUT2D eigenvalue weighted by atomic mass is 9.98. The van der Waals surface area contributed by atoms with Gasteiger partial charge in [-0.15, -0.1) is 0 Å². The summed E-state index contributed by atoms with van der Waals surface area (Å²) in [7, 11) is 0. The zero-order valence-corrected chi connectivity index (χ0v) is 14.8. The van der Waals surface area contributed by atoms with Crippen LogP contribution < -0.4 is 11.3 Å². The van der Waals surface area contributed by atoms with E-state index in [1.807, 2.05) is 24.3 Å². The fourth-order valence-electron chi connectivity index (χ4n) is 3.02. The molecule has 26 heavy (non-hydrogen) atoms. The number of unbranched alkanes of at least 4 members (excludes halogenated alkanes) is 1. The van der Waals surface area contributed by atoms with Crippen molar-refractivity contribution in [3.05, 3.63) is 75.0 Å². The Morgan fingerprint density at radius 2 is 2.08 bits per heavy atom. The third-order valence-corrected chi connectivity index (χ3v) is 4.71. The van der Waals surface area contributed by atoms with Gasteiger partial charge < -0.3 is 10.7 Å². The zero-order valence-electron chi connectivity index (χ0n) is 14.8. The topological polar surface area (TPSA) is 76.0 Å². The molecule has 0 bridgehead atoms. The van der Waals surface area contributed by atoms with Crippen LogP contribution >= 0.6 is 0 Å². The fraction of sp³-hybridized carbons (Fsp3) is 0.333. The number of carbonyl (C=O) groups is 1. The van der Waals surface area contributed by atoms with E-state index in [9.17, 15) is 14.0 Å². The molecule has 1 aromatic heterocycles. The molecule has 3 N–H and O–H groups in total. The van der Waals surface area contributed by atoms with Gasteiger partial charge in [0.25, 0.3) is 5.56 Å². The van der Waals surface area contributed by atoms with Gasteiger partial charge in [-0.2, -0.15) is 0 Å². The number of aromatic amines is 1. The molecule has 3 rings (SSSR count). The van der Waals surface area contributed by atoms with Gasteiger partial charge in [0.15, 0.2) is 0 Å². The molecule has 1 aromatic carbocycles. The van der Waals surface area contributed by atoms with E-state index in [0.717, 1.165) is 24.0 Å². The maximum absolute atomic E-state index is 14.0. The van der Waals surface area contributed by atoms with Crippen molar-refractivity contribution in [3.63, 3.8) is 0 Å². The maximum Gasteiger partial charge on any atom is 0.251 e. The van der Waals surface area contributed by atoms with E-state index in [0.29, 0.717) is 42.0 Å². The highest BCUT2D eigenvalue weighted by atomic mass is 19.1. The van der Waals surface area contributed by atoms with Crippen LogP contribution in [0.4, 0.5) is 4.39 Å². The van der Waals surface area contributed by atoms with E-state index >= 15 is 0 Å². The number of allylic oxidation sites excluding steroid dienone is 1. The van der Waals surface area contributed by atoms with Crippen LogP contribution in [0.25, 0.3) is 5.57 Å². The Hall–Kier alpha value is -2.69.